The first kappa shape index (κ1) is 13.9. The van der Waals surface area contributed by atoms with Gasteiger partial charge in [-0.15, -0.1) is 0 Å². The molecule has 1 heterocycles. The number of aromatic nitrogens is 1. The van der Waals surface area contributed by atoms with Crippen molar-refractivity contribution >= 4 is 11.7 Å². The second-order valence-corrected chi connectivity index (χ2v) is 4.09. The summed E-state index contributed by atoms with van der Waals surface area (Å²) in [6, 6.07) is 5.02. The first-order valence-corrected chi connectivity index (χ1v) is 5.91. The second-order valence-electron chi connectivity index (χ2n) is 4.09. The molecule has 6 nitrogen and oxygen atoms in total. The fraction of sp³-hybridized carbons (Fsp3) is 0.231. The molecule has 1 atom stereocenters. The van der Waals surface area contributed by atoms with Crippen LogP contribution in [0.25, 0.3) is 0 Å². The quantitative estimate of drug-likeness (QED) is 0.902. The highest BCUT2D eigenvalue weighted by atomic mass is 19.1. The zero-order chi connectivity index (χ0) is 14.5. The molecule has 106 valence electrons. The van der Waals surface area contributed by atoms with Gasteiger partial charge in [-0.1, -0.05) is 5.16 Å². The fourth-order valence-corrected chi connectivity index (χ4v) is 1.63. The first-order valence-electron chi connectivity index (χ1n) is 5.91. The van der Waals surface area contributed by atoms with Crippen LogP contribution < -0.4 is 15.4 Å². The molecule has 0 saturated carbocycles. The third-order valence-electron chi connectivity index (χ3n) is 2.66. The molecule has 2 N–H and O–H groups in total. The molecule has 0 unspecified atom stereocenters. The minimum absolute atomic E-state index is 0.118. The van der Waals surface area contributed by atoms with Crippen LogP contribution >= 0.6 is 0 Å². The molecule has 0 bridgehead atoms. The van der Waals surface area contributed by atoms with Crippen molar-refractivity contribution in [2.75, 3.05) is 12.4 Å². The smallest absolute Gasteiger partial charge is 0.319 e. The molecule has 2 amide bonds. The minimum atomic E-state index is -0.546. The monoisotopic (exact) mass is 279 g/mol. The number of hydrogen-bond acceptors (Lipinski definition) is 4. The van der Waals surface area contributed by atoms with Crippen molar-refractivity contribution in [3.63, 3.8) is 0 Å². The third kappa shape index (κ3) is 3.25. The van der Waals surface area contributed by atoms with E-state index in [2.05, 4.69) is 15.8 Å². The number of amides is 2. The predicted molar refractivity (Wildman–Crippen MR) is 70.0 cm³/mol. The predicted octanol–water partition coefficient (Wildman–Crippen LogP) is 2.71. The number of benzene rings is 1. The van der Waals surface area contributed by atoms with Crippen LogP contribution in [0.4, 0.5) is 14.9 Å². The summed E-state index contributed by atoms with van der Waals surface area (Å²) >= 11 is 0. The first-order chi connectivity index (χ1) is 9.60. The largest absolute Gasteiger partial charge is 0.494 e. The average molecular weight is 279 g/mol. The van der Waals surface area contributed by atoms with E-state index in [-0.39, 0.29) is 11.8 Å². The van der Waals surface area contributed by atoms with Gasteiger partial charge in [-0.2, -0.15) is 0 Å². The summed E-state index contributed by atoms with van der Waals surface area (Å²) in [7, 11) is 1.37. The number of rotatable bonds is 4. The van der Waals surface area contributed by atoms with Crippen molar-refractivity contribution in [3.8, 4) is 5.75 Å². The molecule has 1 aromatic heterocycles. The van der Waals surface area contributed by atoms with Gasteiger partial charge in [0, 0.05) is 17.8 Å². The number of ether oxygens (including phenoxy) is 1. The second kappa shape index (κ2) is 6.05. The molecule has 0 fully saturated rings. The van der Waals surface area contributed by atoms with Gasteiger partial charge >= 0.3 is 6.03 Å². The van der Waals surface area contributed by atoms with E-state index in [1.165, 1.54) is 25.5 Å². The highest BCUT2D eigenvalue weighted by Gasteiger charge is 2.12. The van der Waals surface area contributed by atoms with Gasteiger partial charge in [0.2, 0.25) is 0 Å². The molecule has 2 rings (SSSR count). The molecule has 2 aromatic rings. The van der Waals surface area contributed by atoms with Gasteiger partial charge in [-0.05, 0) is 19.1 Å². The number of hydrogen-bond donors (Lipinski definition) is 2. The maximum Gasteiger partial charge on any atom is 0.319 e. The molecule has 0 spiro atoms. The Kier molecular flexibility index (Phi) is 4.19. The minimum Gasteiger partial charge on any atom is -0.494 e. The van der Waals surface area contributed by atoms with E-state index < -0.39 is 11.8 Å². The summed E-state index contributed by atoms with van der Waals surface area (Å²) in [6.45, 7) is 1.76. The van der Waals surface area contributed by atoms with E-state index in [0.717, 1.165) is 0 Å². The van der Waals surface area contributed by atoms with Crippen LogP contribution in [0, 0.1) is 5.82 Å². The van der Waals surface area contributed by atoms with Crippen LogP contribution in [-0.4, -0.2) is 18.3 Å². The molecule has 1 aromatic carbocycles. The molecule has 7 heteroatoms. The van der Waals surface area contributed by atoms with Crippen LogP contribution in [0.1, 0.15) is 18.7 Å². The van der Waals surface area contributed by atoms with Crippen LogP contribution in [-0.2, 0) is 0 Å². The number of nitrogens with one attached hydrogen (secondary N) is 2. The maximum atomic E-state index is 13.5. The Morgan fingerprint density at radius 3 is 2.85 bits per heavy atom. The van der Waals surface area contributed by atoms with E-state index in [1.807, 2.05) is 0 Å². The highest BCUT2D eigenvalue weighted by molar-refractivity contribution is 5.89. The summed E-state index contributed by atoms with van der Waals surface area (Å²) < 4.78 is 23.0. The Morgan fingerprint density at radius 1 is 1.45 bits per heavy atom. The molecule has 0 radical (unpaired) electrons. The Labute approximate surface area is 114 Å². The number of urea groups is 1. The number of halogens is 1. The molecule has 0 aliphatic carbocycles. The molecule has 0 saturated heterocycles. The van der Waals surface area contributed by atoms with E-state index in [1.54, 1.807) is 19.1 Å². The number of nitrogens with zero attached hydrogens (tertiary/aromatic N) is 1. The SMILES string of the molecule is COc1ccc(NC(=O)N[C@@H](C)c2ccon2)cc1F. The van der Waals surface area contributed by atoms with Gasteiger partial charge in [-0.25, -0.2) is 9.18 Å². The molecular formula is C13H14FN3O3. The Morgan fingerprint density at radius 2 is 2.25 bits per heavy atom. The van der Waals surface area contributed by atoms with Crippen LogP contribution in [0.2, 0.25) is 0 Å². The van der Waals surface area contributed by atoms with Crippen LogP contribution in [0.3, 0.4) is 0 Å². The topological polar surface area (TPSA) is 76.4 Å². The molecule has 0 aliphatic heterocycles. The standard InChI is InChI=1S/C13H14FN3O3/c1-8(11-5-6-20-17-11)15-13(18)16-9-3-4-12(19-2)10(14)7-9/h3-8H,1-2H3,(H2,15,16,18)/t8-/m0/s1. The van der Waals surface area contributed by atoms with Gasteiger partial charge in [0.05, 0.1) is 13.2 Å². The van der Waals surface area contributed by atoms with Crippen molar-refractivity contribution in [2.24, 2.45) is 0 Å². The lowest BCUT2D eigenvalue weighted by Crippen LogP contribution is -2.31. The molecular weight excluding hydrogens is 265 g/mol. The Hall–Kier alpha value is -2.57. The summed E-state index contributed by atoms with van der Waals surface area (Å²) in [5.41, 5.74) is 0.925. The number of methoxy groups -OCH3 is 1. The van der Waals surface area contributed by atoms with Gasteiger partial charge in [0.1, 0.15) is 12.0 Å². The molecule has 20 heavy (non-hydrogen) atoms. The highest BCUT2D eigenvalue weighted by Crippen LogP contribution is 2.20. The maximum absolute atomic E-state index is 13.5. The lowest BCUT2D eigenvalue weighted by molar-refractivity contribution is 0.249. The summed E-state index contributed by atoms with van der Waals surface area (Å²) in [6.07, 6.45) is 1.42. The normalized spacial score (nSPS) is 11.8. The summed E-state index contributed by atoms with van der Waals surface area (Å²) in [5.74, 6) is -0.429. The van der Waals surface area contributed by atoms with Crippen LogP contribution in [0.15, 0.2) is 35.1 Å². The van der Waals surface area contributed by atoms with Crippen molar-refractivity contribution in [3.05, 3.63) is 42.0 Å². The van der Waals surface area contributed by atoms with Gasteiger partial charge in [0.15, 0.2) is 11.6 Å². The summed E-state index contributed by atoms with van der Waals surface area (Å²) in [4.78, 5) is 11.7. The Balaban J connectivity index is 1.96. The lowest BCUT2D eigenvalue weighted by atomic mass is 10.2. The van der Waals surface area contributed by atoms with Gasteiger partial charge in [0.25, 0.3) is 0 Å². The fourth-order valence-electron chi connectivity index (χ4n) is 1.63. The van der Waals surface area contributed by atoms with Gasteiger partial charge < -0.3 is 19.9 Å². The average Bonchev–Trinajstić information content (AvgIpc) is 2.92. The number of carbonyl (C=O) groups is 1. The zero-order valence-corrected chi connectivity index (χ0v) is 11.0. The Bertz CT molecular complexity index is 587. The van der Waals surface area contributed by atoms with Crippen molar-refractivity contribution in [1.29, 1.82) is 0 Å². The third-order valence-corrected chi connectivity index (χ3v) is 2.66. The van der Waals surface area contributed by atoms with Crippen molar-refractivity contribution in [1.82, 2.24) is 10.5 Å². The number of carbonyl (C=O) groups excluding carboxylic acids is 1. The van der Waals surface area contributed by atoms with Gasteiger partial charge in [-0.3, -0.25) is 0 Å². The van der Waals surface area contributed by atoms with Crippen molar-refractivity contribution in [2.45, 2.75) is 13.0 Å². The van der Waals surface area contributed by atoms with E-state index in [4.69, 9.17) is 9.26 Å². The van der Waals surface area contributed by atoms with Crippen LogP contribution in [0.5, 0.6) is 5.75 Å². The molecule has 0 aliphatic rings. The van der Waals surface area contributed by atoms with E-state index in [9.17, 15) is 9.18 Å². The van der Waals surface area contributed by atoms with E-state index in [0.29, 0.717) is 11.4 Å². The van der Waals surface area contributed by atoms with E-state index >= 15 is 0 Å². The number of anilines is 1. The van der Waals surface area contributed by atoms with Crippen molar-refractivity contribution < 1.29 is 18.4 Å². The summed E-state index contributed by atoms with van der Waals surface area (Å²) in [5, 5.41) is 8.89. The lowest BCUT2D eigenvalue weighted by Gasteiger charge is -2.12. The zero-order valence-electron chi connectivity index (χ0n) is 11.0.